The summed E-state index contributed by atoms with van der Waals surface area (Å²) in [6.45, 7) is 0. The molecule has 0 aromatic carbocycles. The molecule has 0 saturated carbocycles. The van der Waals surface area contributed by atoms with E-state index in [9.17, 15) is 18.9 Å². The normalized spacial score (nSPS) is 10.7. The predicted octanol–water partition coefficient (Wildman–Crippen LogP) is 3.43. The van der Waals surface area contributed by atoms with Crippen LogP contribution < -0.4 is 0 Å². The van der Waals surface area contributed by atoms with Gasteiger partial charge in [-0.1, -0.05) is 0 Å². The third kappa shape index (κ3) is 2.40. The number of nitrogens with zero attached hydrogens (tertiary/aromatic N) is 2. The molecule has 0 aliphatic carbocycles. The number of alkyl halides is 3. The first-order chi connectivity index (χ1) is 6.99. The molecule has 0 bridgehead atoms. The molecule has 0 radical (unpaired) electrons. The summed E-state index contributed by atoms with van der Waals surface area (Å²) in [6.07, 6.45) is -1.95. The van der Waals surface area contributed by atoms with Crippen LogP contribution in [-0.4, -0.2) is 9.91 Å². The Morgan fingerprint density at radius 1 is 1.67 bits per heavy atom. The van der Waals surface area contributed by atoms with E-state index in [1.54, 1.807) is 0 Å². The van der Waals surface area contributed by atoms with Crippen molar-refractivity contribution in [1.29, 1.82) is 0 Å². The highest BCUT2D eigenvalue weighted by Gasteiger charge is 2.25. The van der Waals surface area contributed by atoms with Crippen LogP contribution in [0.5, 0.6) is 0 Å². The number of aromatic nitrogens is 1. The summed E-state index contributed by atoms with van der Waals surface area (Å²) in [5.41, 5.74) is -1.07. The summed E-state index contributed by atoms with van der Waals surface area (Å²) in [6, 6.07) is 0. The van der Waals surface area contributed by atoms with E-state index in [-0.39, 0.29) is 16.0 Å². The number of rotatable bonds is 3. The minimum absolute atomic E-state index is 0.0436. The van der Waals surface area contributed by atoms with E-state index in [2.05, 4.69) is 20.9 Å². The van der Waals surface area contributed by atoms with Crippen LogP contribution in [0.25, 0.3) is 0 Å². The van der Waals surface area contributed by atoms with Gasteiger partial charge in [-0.15, -0.1) is 11.6 Å². The predicted molar refractivity (Wildman–Crippen MR) is 53.1 cm³/mol. The number of hydrogen-bond donors (Lipinski definition) is 0. The molecule has 0 amide bonds. The van der Waals surface area contributed by atoms with Crippen LogP contribution >= 0.6 is 27.5 Å². The second kappa shape index (κ2) is 4.80. The Labute approximate surface area is 96.5 Å². The molecule has 15 heavy (non-hydrogen) atoms. The average Bonchev–Trinajstić information content (AvgIpc) is 2.15. The van der Waals surface area contributed by atoms with Crippen molar-refractivity contribution >= 4 is 33.2 Å². The van der Waals surface area contributed by atoms with Gasteiger partial charge in [-0.3, -0.25) is 15.1 Å². The SMILES string of the molecule is O=[N+]([O-])c1c(CCl)ncc(C(F)F)c1Br. The second-order valence-corrected chi connectivity index (χ2v) is 3.57. The average molecular weight is 301 g/mol. The number of pyridine rings is 1. The minimum atomic E-state index is -2.82. The van der Waals surface area contributed by atoms with Crippen LogP contribution in [0.15, 0.2) is 10.7 Å². The van der Waals surface area contributed by atoms with Crippen LogP contribution in [0.4, 0.5) is 14.5 Å². The van der Waals surface area contributed by atoms with Crippen molar-refractivity contribution in [2.45, 2.75) is 12.3 Å². The van der Waals surface area contributed by atoms with Crippen molar-refractivity contribution in [3.8, 4) is 0 Å². The van der Waals surface area contributed by atoms with Gasteiger partial charge in [0.1, 0.15) is 10.2 Å². The lowest BCUT2D eigenvalue weighted by Gasteiger charge is -2.05. The Balaban J connectivity index is 3.42. The highest BCUT2D eigenvalue weighted by molar-refractivity contribution is 9.10. The lowest BCUT2D eigenvalue weighted by molar-refractivity contribution is -0.386. The summed E-state index contributed by atoms with van der Waals surface area (Å²) in [5.74, 6) is -0.210. The fourth-order valence-electron chi connectivity index (χ4n) is 0.964. The Bertz CT molecular complexity index is 403. The maximum atomic E-state index is 12.4. The second-order valence-electron chi connectivity index (χ2n) is 2.51. The molecule has 0 atom stereocenters. The molecule has 1 rings (SSSR count). The molecule has 0 spiro atoms. The van der Waals surface area contributed by atoms with Crippen LogP contribution in [-0.2, 0) is 5.88 Å². The van der Waals surface area contributed by atoms with Crippen molar-refractivity contribution in [3.63, 3.8) is 0 Å². The molecule has 1 aromatic heterocycles. The maximum absolute atomic E-state index is 12.4. The van der Waals surface area contributed by atoms with E-state index >= 15 is 0 Å². The summed E-state index contributed by atoms with van der Waals surface area (Å²) in [4.78, 5) is 13.3. The van der Waals surface area contributed by atoms with Gasteiger partial charge in [-0.2, -0.15) is 0 Å². The van der Waals surface area contributed by atoms with E-state index in [1.165, 1.54) is 0 Å². The van der Waals surface area contributed by atoms with Crippen LogP contribution in [0.3, 0.4) is 0 Å². The minimum Gasteiger partial charge on any atom is -0.258 e. The number of hydrogen-bond acceptors (Lipinski definition) is 3. The quantitative estimate of drug-likeness (QED) is 0.488. The zero-order valence-electron chi connectivity index (χ0n) is 7.08. The molecular weight excluding hydrogens is 297 g/mol. The van der Waals surface area contributed by atoms with Gasteiger partial charge >= 0.3 is 5.69 Å². The molecule has 0 aliphatic rings. The summed E-state index contributed by atoms with van der Waals surface area (Å²) < 4.78 is 24.5. The molecule has 1 heterocycles. The molecule has 1 aromatic rings. The topological polar surface area (TPSA) is 56.0 Å². The van der Waals surface area contributed by atoms with Gasteiger partial charge in [0.2, 0.25) is 0 Å². The van der Waals surface area contributed by atoms with Crippen molar-refractivity contribution in [2.24, 2.45) is 0 Å². The van der Waals surface area contributed by atoms with E-state index in [4.69, 9.17) is 11.6 Å². The van der Waals surface area contributed by atoms with Gasteiger partial charge in [0.15, 0.2) is 0 Å². The molecule has 0 unspecified atom stereocenters. The van der Waals surface area contributed by atoms with Crippen LogP contribution in [0.2, 0.25) is 0 Å². The van der Waals surface area contributed by atoms with Gasteiger partial charge in [-0.25, -0.2) is 8.78 Å². The van der Waals surface area contributed by atoms with Crippen LogP contribution in [0.1, 0.15) is 17.7 Å². The van der Waals surface area contributed by atoms with E-state index in [0.717, 1.165) is 6.20 Å². The first kappa shape index (κ1) is 12.3. The molecule has 4 nitrogen and oxygen atoms in total. The molecule has 0 fully saturated rings. The Morgan fingerprint density at radius 2 is 2.27 bits per heavy atom. The molecule has 8 heteroatoms. The van der Waals surface area contributed by atoms with Gasteiger partial charge in [0.25, 0.3) is 6.43 Å². The first-order valence-electron chi connectivity index (χ1n) is 3.64. The van der Waals surface area contributed by atoms with Crippen LogP contribution in [0, 0.1) is 10.1 Å². The van der Waals surface area contributed by atoms with Crippen molar-refractivity contribution in [1.82, 2.24) is 4.98 Å². The zero-order chi connectivity index (χ0) is 11.6. The smallest absolute Gasteiger partial charge is 0.258 e. The largest absolute Gasteiger partial charge is 0.306 e. The standard InChI is InChI=1S/C7H4BrClF2N2O2/c8-5-3(7(10)11)2-12-4(1-9)6(5)13(14)15/h2,7H,1H2. The molecule has 0 saturated heterocycles. The third-order valence-electron chi connectivity index (χ3n) is 1.64. The summed E-state index contributed by atoms with van der Waals surface area (Å²) in [7, 11) is 0. The fraction of sp³-hybridized carbons (Fsp3) is 0.286. The van der Waals surface area contributed by atoms with Gasteiger partial charge in [0, 0.05) is 6.20 Å². The Morgan fingerprint density at radius 3 is 2.67 bits per heavy atom. The van der Waals surface area contributed by atoms with Gasteiger partial charge in [0.05, 0.1) is 16.4 Å². The zero-order valence-corrected chi connectivity index (χ0v) is 9.43. The number of nitro groups is 1. The van der Waals surface area contributed by atoms with E-state index in [0.29, 0.717) is 0 Å². The van der Waals surface area contributed by atoms with E-state index in [1.807, 2.05) is 0 Å². The first-order valence-corrected chi connectivity index (χ1v) is 4.97. The highest BCUT2D eigenvalue weighted by atomic mass is 79.9. The van der Waals surface area contributed by atoms with Gasteiger partial charge in [-0.05, 0) is 15.9 Å². The molecule has 0 aliphatic heterocycles. The molecule has 82 valence electrons. The van der Waals surface area contributed by atoms with Crippen molar-refractivity contribution in [2.75, 3.05) is 0 Å². The third-order valence-corrected chi connectivity index (χ3v) is 2.72. The van der Waals surface area contributed by atoms with Crippen molar-refractivity contribution in [3.05, 3.63) is 32.0 Å². The van der Waals surface area contributed by atoms with Gasteiger partial charge < -0.3 is 0 Å². The van der Waals surface area contributed by atoms with E-state index < -0.39 is 22.6 Å². The Kier molecular flexibility index (Phi) is 3.92. The number of halogens is 4. The fourth-order valence-corrected chi connectivity index (χ4v) is 1.81. The monoisotopic (exact) mass is 300 g/mol. The maximum Gasteiger partial charge on any atom is 0.306 e. The lowest BCUT2D eigenvalue weighted by Crippen LogP contribution is -2.01. The summed E-state index contributed by atoms with van der Waals surface area (Å²) in [5, 5.41) is 10.6. The molecule has 0 N–H and O–H groups in total. The molecular formula is C7H4BrClF2N2O2. The van der Waals surface area contributed by atoms with Crippen molar-refractivity contribution < 1.29 is 13.7 Å². The summed E-state index contributed by atoms with van der Waals surface area (Å²) >= 11 is 8.16. The lowest BCUT2D eigenvalue weighted by atomic mass is 10.2. The Hall–Kier alpha value is -0.820. The highest BCUT2D eigenvalue weighted by Crippen LogP contribution is 2.36.